The third-order valence-electron chi connectivity index (χ3n) is 4.06. The Bertz CT molecular complexity index is 346. The Morgan fingerprint density at radius 2 is 2.00 bits per heavy atom. The van der Waals surface area contributed by atoms with Crippen molar-refractivity contribution in [3.8, 4) is 0 Å². The summed E-state index contributed by atoms with van der Waals surface area (Å²) < 4.78 is 5.20. The second-order valence-electron chi connectivity index (χ2n) is 5.33. The van der Waals surface area contributed by atoms with Crippen molar-refractivity contribution in [2.75, 3.05) is 13.7 Å². The predicted molar refractivity (Wildman–Crippen MR) is 73.7 cm³/mol. The highest BCUT2D eigenvalue weighted by Crippen LogP contribution is 2.26. The number of piperazine rings is 1. The van der Waals surface area contributed by atoms with Crippen LogP contribution in [0.4, 0.5) is 0 Å². The van der Waals surface area contributed by atoms with Crippen LogP contribution in [0.1, 0.15) is 47.0 Å². The van der Waals surface area contributed by atoms with Gasteiger partial charge < -0.3 is 15.0 Å². The van der Waals surface area contributed by atoms with Gasteiger partial charge in [0, 0.05) is 7.11 Å². The van der Waals surface area contributed by atoms with Gasteiger partial charge in [0.1, 0.15) is 11.6 Å². The van der Waals surface area contributed by atoms with E-state index in [4.69, 9.17) is 4.74 Å². The Kier molecular flexibility index (Phi) is 5.35. The van der Waals surface area contributed by atoms with Crippen molar-refractivity contribution in [3.63, 3.8) is 0 Å². The number of amides is 2. The molecular weight excluding hydrogens is 244 g/mol. The van der Waals surface area contributed by atoms with Gasteiger partial charge in [0.25, 0.3) is 0 Å². The summed E-state index contributed by atoms with van der Waals surface area (Å²) in [7, 11) is 1.62. The lowest BCUT2D eigenvalue weighted by molar-refractivity contribution is -0.159. The van der Waals surface area contributed by atoms with Crippen LogP contribution in [0.2, 0.25) is 0 Å². The number of methoxy groups -OCH3 is 1. The standard InChI is InChI=1S/C14H26N2O3/c1-6-10(9-19-5)16-11(7-2)12(17)15-14(4,8-3)13(16)18/h10-11H,6-9H2,1-5H3,(H,15,17). The van der Waals surface area contributed by atoms with Crippen LogP contribution >= 0.6 is 0 Å². The van der Waals surface area contributed by atoms with Crippen LogP contribution in [-0.2, 0) is 14.3 Å². The van der Waals surface area contributed by atoms with Crippen LogP contribution in [0.3, 0.4) is 0 Å². The zero-order chi connectivity index (χ0) is 14.6. The Morgan fingerprint density at radius 1 is 1.37 bits per heavy atom. The summed E-state index contributed by atoms with van der Waals surface area (Å²) in [6.07, 6.45) is 1.99. The van der Waals surface area contributed by atoms with Gasteiger partial charge in [-0.25, -0.2) is 0 Å². The molecule has 5 nitrogen and oxygen atoms in total. The summed E-state index contributed by atoms with van der Waals surface area (Å²) in [5.74, 6) is -0.0497. The van der Waals surface area contributed by atoms with Crippen LogP contribution in [0, 0.1) is 0 Å². The summed E-state index contributed by atoms with van der Waals surface area (Å²) >= 11 is 0. The van der Waals surface area contributed by atoms with Crippen LogP contribution in [0.5, 0.6) is 0 Å². The molecule has 5 heteroatoms. The van der Waals surface area contributed by atoms with Gasteiger partial charge in [-0.05, 0) is 26.2 Å². The molecule has 1 N–H and O–H groups in total. The molecule has 2 amide bonds. The number of carbonyl (C=O) groups excluding carboxylic acids is 2. The van der Waals surface area contributed by atoms with Crippen molar-refractivity contribution in [2.24, 2.45) is 0 Å². The van der Waals surface area contributed by atoms with Crippen LogP contribution in [-0.4, -0.2) is 48.1 Å². The minimum atomic E-state index is -0.788. The molecule has 0 saturated carbocycles. The molecule has 1 saturated heterocycles. The van der Waals surface area contributed by atoms with Crippen molar-refractivity contribution >= 4 is 11.8 Å². The summed E-state index contributed by atoms with van der Waals surface area (Å²) in [5.41, 5.74) is -0.788. The third kappa shape index (κ3) is 2.91. The van der Waals surface area contributed by atoms with E-state index in [1.54, 1.807) is 18.9 Å². The molecule has 1 rings (SSSR count). The van der Waals surface area contributed by atoms with Crippen LogP contribution in [0.15, 0.2) is 0 Å². The highest BCUT2D eigenvalue weighted by molar-refractivity contribution is 5.99. The van der Waals surface area contributed by atoms with E-state index in [1.807, 2.05) is 20.8 Å². The smallest absolute Gasteiger partial charge is 0.249 e. The first-order valence-corrected chi connectivity index (χ1v) is 7.08. The van der Waals surface area contributed by atoms with E-state index in [0.29, 0.717) is 19.4 Å². The van der Waals surface area contributed by atoms with Gasteiger partial charge in [-0.3, -0.25) is 9.59 Å². The number of rotatable bonds is 6. The molecule has 3 atom stereocenters. The predicted octanol–water partition coefficient (Wildman–Crippen LogP) is 1.32. The number of hydrogen-bond acceptors (Lipinski definition) is 3. The Balaban J connectivity index is 3.11. The topological polar surface area (TPSA) is 58.6 Å². The first kappa shape index (κ1) is 16.0. The lowest BCUT2D eigenvalue weighted by Crippen LogP contribution is -2.71. The first-order valence-electron chi connectivity index (χ1n) is 7.08. The summed E-state index contributed by atoms with van der Waals surface area (Å²) in [6, 6.07) is -0.424. The van der Waals surface area contributed by atoms with Crippen molar-refractivity contribution in [2.45, 2.75) is 64.6 Å². The van der Waals surface area contributed by atoms with Crippen LogP contribution < -0.4 is 5.32 Å². The molecule has 0 spiro atoms. The monoisotopic (exact) mass is 270 g/mol. The van der Waals surface area contributed by atoms with E-state index in [9.17, 15) is 9.59 Å². The molecule has 1 fully saturated rings. The largest absolute Gasteiger partial charge is 0.383 e. The molecule has 110 valence electrons. The Hall–Kier alpha value is -1.10. The molecule has 0 aromatic rings. The number of hydrogen-bond donors (Lipinski definition) is 1. The zero-order valence-corrected chi connectivity index (χ0v) is 12.7. The molecule has 3 unspecified atom stereocenters. The van der Waals surface area contributed by atoms with E-state index in [0.717, 1.165) is 6.42 Å². The van der Waals surface area contributed by atoms with E-state index >= 15 is 0 Å². The van der Waals surface area contributed by atoms with E-state index in [2.05, 4.69) is 5.32 Å². The number of carbonyl (C=O) groups is 2. The molecular formula is C14H26N2O3. The fourth-order valence-electron chi connectivity index (χ4n) is 2.59. The SMILES string of the molecule is CCC(COC)N1C(=O)C(C)(CC)NC(=O)C1CC. The summed E-state index contributed by atoms with van der Waals surface area (Å²) in [4.78, 5) is 26.7. The lowest BCUT2D eigenvalue weighted by Gasteiger charge is -2.47. The second-order valence-corrected chi connectivity index (χ2v) is 5.33. The quantitative estimate of drug-likeness (QED) is 0.792. The van der Waals surface area contributed by atoms with Gasteiger partial charge in [-0.15, -0.1) is 0 Å². The molecule has 0 radical (unpaired) electrons. The number of nitrogens with zero attached hydrogens (tertiary/aromatic N) is 1. The average molecular weight is 270 g/mol. The fourth-order valence-corrected chi connectivity index (χ4v) is 2.59. The maximum atomic E-state index is 12.7. The molecule has 1 aliphatic rings. The molecule has 0 bridgehead atoms. The molecule has 19 heavy (non-hydrogen) atoms. The maximum absolute atomic E-state index is 12.7. The second kappa shape index (κ2) is 6.37. The normalized spacial score (nSPS) is 29.3. The minimum absolute atomic E-state index is 0.00495. The van der Waals surface area contributed by atoms with Crippen molar-refractivity contribution in [3.05, 3.63) is 0 Å². The maximum Gasteiger partial charge on any atom is 0.249 e. The summed E-state index contributed by atoms with van der Waals surface area (Å²) in [6.45, 7) is 8.12. The zero-order valence-electron chi connectivity index (χ0n) is 12.7. The van der Waals surface area contributed by atoms with Gasteiger partial charge >= 0.3 is 0 Å². The molecule has 1 aliphatic heterocycles. The fraction of sp³-hybridized carbons (Fsp3) is 0.857. The van der Waals surface area contributed by atoms with Crippen molar-refractivity contribution < 1.29 is 14.3 Å². The van der Waals surface area contributed by atoms with E-state index in [1.165, 1.54) is 0 Å². The van der Waals surface area contributed by atoms with Gasteiger partial charge in [0.15, 0.2) is 0 Å². The van der Waals surface area contributed by atoms with Gasteiger partial charge in [-0.1, -0.05) is 20.8 Å². The summed E-state index contributed by atoms with van der Waals surface area (Å²) in [5, 5.41) is 2.87. The molecule has 0 aliphatic carbocycles. The van der Waals surface area contributed by atoms with Crippen molar-refractivity contribution in [1.29, 1.82) is 0 Å². The van der Waals surface area contributed by atoms with Crippen LogP contribution in [0.25, 0.3) is 0 Å². The third-order valence-corrected chi connectivity index (χ3v) is 4.06. The van der Waals surface area contributed by atoms with Crippen molar-refractivity contribution in [1.82, 2.24) is 10.2 Å². The average Bonchev–Trinajstić information content (AvgIpc) is 2.40. The highest BCUT2D eigenvalue weighted by Gasteiger charge is 2.48. The Labute approximate surface area is 115 Å². The van der Waals surface area contributed by atoms with Gasteiger partial charge in [0.05, 0.1) is 12.6 Å². The molecule has 0 aromatic carbocycles. The highest BCUT2D eigenvalue weighted by atomic mass is 16.5. The van der Waals surface area contributed by atoms with Gasteiger partial charge in [-0.2, -0.15) is 0 Å². The lowest BCUT2D eigenvalue weighted by atomic mass is 9.89. The minimum Gasteiger partial charge on any atom is -0.383 e. The van der Waals surface area contributed by atoms with E-state index < -0.39 is 5.54 Å². The first-order chi connectivity index (χ1) is 8.95. The number of nitrogens with one attached hydrogen (secondary N) is 1. The number of ether oxygens (including phenoxy) is 1. The molecule has 0 aromatic heterocycles. The molecule has 1 heterocycles. The van der Waals surface area contributed by atoms with E-state index in [-0.39, 0.29) is 23.9 Å². The Morgan fingerprint density at radius 3 is 2.42 bits per heavy atom. The van der Waals surface area contributed by atoms with Gasteiger partial charge in [0.2, 0.25) is 11.8 Å².